The third kappa shape index (κ3) is 5.82. The summed E-state index contributed by atoms with van der Waals surface area (Å²) < 4.78 is 15.8. The molecule has 34 heavy (non-hydrogen) atoms. The fourth-order valence-corrected chi connectivity index (χ4v) is 4.34. The summed E-state index contributed by atoms with van der Waals surface area (Å²) in [5, 5.41) is 0. The average molecular weight is 455 g/mol. The van der Waals surface area contributed by atoms with E-state index in [0.29, 0.717) is 19.6 Å². The molecule has 0 aliphatic heterocycles. The molecular formula is C30H31FN2O. The summed E-state index contributed by atoms with van der Waals surface area (Å²) in [6.45, 7) is 3.91. The number of rotatable bonds is 10. The summed E-state index contributed by atoms with van der Waals surface area (Å²) in [6, 6.07) is 30.7. The zero-order valence-electron chi connectivity index (χ0n) is 19.6. The van der Waals surface area contributed by atoms with Crippen molar-refractivity contribution in [2.75, 3.05) is 6.54 Å². The lowest BCUT2D eigenvalue weighted by Gasteiger charge is -2.28. The number of nitrogens with zero attached hydrogens (tertiary/aromatic N) is 2. The van der Waals surface area contributed by atoms with Crippen molar-refractivity contribution in [3.63, 3.8) is 0 Å². The largest absolute Gasteiger partial charge is 0.345 e. The molecule has 4 rings (SSSR count). The summed E-state index contributed by atoms with van der Waals surface area (Å²) in [5.41, 5.74) is 3.93. The van der Waals surface area contributed by atoms with Crippen LogP contribution in [0.1, 0.15) is 48.1 Å². The van der Waals surface area contributed by atoms with E-state index in [2.05, 4.69) is 11.5 Å². The van der Waals surface area contributed by atoms with Gasteiger partial charge in [-0.1, -0.05) is 86.1 Å². The Labute approximate surface area is 201 Å². The molecule has 0 spiro atoms. The van der Waals surface area contributed by atoms with Gasteiger partial charge in [-0.25, -0.2) is 4.39 Å². The first-order chi connectivity index (χ1) is 16.7. The molecule has 4 aromatic rings. The van der Waals surface area contributed by atoms with Crippen molar-refractivity contribution in [1.82, 2.24) is 9.47 Å². The van der Waals surface area contributed by atoms with E-state index in [9.17, 15) is 9.18 Å². The van der Waals surface area contributed by atoms with Gasteiger partial charge in [0.1, 0.15) is 5.82 Å². The number of carbonyl (C=O) groups excluding carboxylic acids is 1. The lowest BCUT2D eigenvalue weighted by atomic mass is 9.90. The number of carbonyl (C=O) groups is 1. The topological polar surface area (TPSA) is 25.2 Å². The van der Waals surface area contributed by atoms with E-state index in [1.807, 2.05) is 90.0 Å². The van der Waals surface area contributed by atoms with E-state index in [1.54, 1.807) is 12.1 Å². The third-order valence-electron chi connectivity index (χ3n) is 6.12. The zero-order valence-corrected chi connectivity index (χ0v) is 19.6. The van der Waals surface area contributed by atoms with E-state index in [-0.39, 0.29) is 17.6 Å². The highest BCUT2D eigenvalue weighted by molar-refractivity contribution is 5.87. The maximum absolute atomic E-state index is 14.1. The Morgan fingerprint density at radius 2 is 1.56 bits per heavy atom. The second-order valence-corrected chi connectivity index (χ2v) is 8.63. The van der Waals surface area contributed by atoms with Crippen LogP contribution < -0.4 is 0 Å². The van der Waals surface area contributed by atoms with E-state index in [1.165, 1.54) is 6.07 Å². The standard InChI is InChI=1S/C30H31FN2O/c1-2-3-19-33(23-28-18-11-20-32(28)22-24-12-10-17-27(31)21-24)30(34)29(25-13-6-4-7-14-25)26-15-8-5-9-16-26/h4-18,20-21,29H,2-3,19,22-23H2,1H3. The predicted molar refractivity (Wildman–Crippen MR) is 135 cm³/mol. The molecule has 4 heteroatoms. The lowest BCUT2D eigenvalue weighted by Crippen LogP contribution is -2.36. The highest BCUT2D eigenvalue weighted by Gasteiger charge is 2.27. The van der Waals surface area contributed by atoms with Crippen molar-refractivity contribution < 1.29 is 9.18 Å². The van der Waals surface area contributed by atoms with Crippen molar-refractivity contribution in [3.05, 3.63) is 131 Å². The van der Waals surface area contributed by atoms with Crippen LogP contribution in [0.25, 0.3) is 0 Å². The Morgan fingerprint density at radius 3 is 2.18 bits per heavy atom. The first kappa shape index (κ1) is 23.5. The van der Waals surface area contributed by atoms with E-state index < -0.39 is 0 Å². The van der Waals surface area contributed by atoms with Gasteiger partial charge in [-0.3, -0.25) is 4.79 Å². The first-order valence-electron chi connectivity index (χ1n) is 11.9. The highest BCUT2D eigenvalue weighted by atomic mass is 19.1. The van der Waals surface area contributed by atoms with Crippen molar-refractivity contribution in [2.24, 2.45) is 0 Å². The molecule has 3 nitrogen and oxygen atoms in total. The van der Waals surface area contributed by atoms with Gasteiger partial charge in [-0.15, -0.1) is 0 Å². The van der Waals surface area contributed by atoms with Crippen LogP contribution in [0.3, 0.4) is 0 Å². The summed E-state index contributed by atoms with van der Waals surface area (Å²) in [6.07, 6.45) is 3.94. The van der Waals surface area contributed by atoms with Gasteiger partial charge in [0, 0.05) is 25.0 Å². The Kier molecular flexibility index (Phi) is 7.92. The molecule has 0 N–H and O–H groups in total. The minimum Gasteiger partial charge on any atom is -0.345 e. The Hall–Kier alpha value is -3.66. The van der Waals surface area contributed by atoms with Crippen LogP contribution in [0.5, 0.6) is 0 Å². The highest BCUT2D eigenvalue weighted by Crippen LogP contribution is 2.28. The molecule has 0 bridgehead atoms. The molecule has 3 aromatic carbocycles. The number of hydrogen-bond donors (Lipinski definition) is 0. The molecule has 1 amide bonds. The van der Waals surface area contributed by atoms with Crippen molar-refractivity contribution in [3.8, 4) is 0 Å². The molecule has 0 atom stereocenters. The quantitative estimate of drug-likeness (QED) is 0.264. The molecule has 0 radical (unpaired) electrons. The monoisotopic (exact) mass is 454 g/mol. The van der Waals surface area contributed by atoms with Crippen LogP contribution in [0.2, 0.25) is 0 Å². The average Bonchev–Trinajstić information content (AvgIpc) is 3.29. The number of hydrogen-bond acceptors (Lipinski definition) is 1. The minimum absolute atomic E-state index is 0.101. The second-order valence-electron chi connectivity index (χ2n) is 8.63. The second kappa shape index (κ2) is 11.5. The normalized spacial score (nSPS) is 11.0. The summed E-state index contributed by atoms with van der Waals surface area (Å²) in [5.74, 6) is -0.491. The maximum atomic E-state index is 14.1. The van der Waals surface area contributed by atoms with Gasteiger partial charge in [0.15, 0.2) is 0 Å². The van der Waals surface area contributed by atoms with Crippen LogP contribution in [-0.2, 0) is 17.9 Å². The third-order valence-corrected chi connectivity index (χ3v) is 6.12. The van der Waals surface area contributed by atoms with Gasteiger partial charge in [0.25, 0.3) is 0 Å². The van der Waals surface area contributed by atoms with E-state index in [4.69, 9.17) is 0 Å². The molecule has 1 aromatic heterocycles. The van der Waals surface area contributed by atoms with Crippen molar-refractivity contribution in [1.29, 1.82) is 0 Å². The van der Waals surface area contributed by atoms with Gasteiger partial charge in [-0.05, 0) is 47.4 Å². The number of unbranched alkanes of at least 4 members (excludes halogenated alkanes) is 1. The summed E-state index contributed by atoms with van der Waals surface area (Å²) >= 11 is 0. The minimum atomic E-state index is -0.356. The first-order valence-corrected chi connectivity index (χ1v) is 11.9. The van der Waals surface area contributed by atoms with Gasteiger partial charge in [0.2, 0.25) is 5.91 Å². The molecule has 1 heterocycles. The van der Waals surface area contributed by atoms with Gasteiger partial charge >= 0.3 is 0 Å². The number of amides is 1. The fraction of sp³-hybridized carbons (Fsp3) is 0.233. The van der Waals surface area contributed by atoms with Gasteiger partial charge < -0.3 is 9.47 Å². The molecule has 0 saturated carbocycles. The zero-order chi connectivity index (χ0) is 23.8. The molecule has 0 saturated heterocycles. The van der Waals surface area contributed by atoms with Crippen LogP contribution in [-0.4, -0.2) is 21.9 Å². The molecule has 0 fully saturated rings. The van der Waals surface area contributed by atoms with Gasteiger partial charge in [-0.2, -0.15) is 0 Å². The van der Waals surface area contributed by atoms with Crippen LogP contribution in [0.15, 0.2) is 103 Å². The number of benzene rings is 3. The molecule has 174 valence electrons. The Bertz CT molecular complexity index is 1150. The Balaban J connectivity index is 1.63. The van der Waals surface area contributed by atoms with Crippen molar-refractivity contribution in [2.45, 2.75) is 38.8 Å². The van der Waals surface area contributed by atoms with E-state index >= 15 is 0 Å². The SMILES string of the molecule is CCCCN(Cc1cccn1Cc1cccc(F)c1)C(=O)C(c1ccccc1)c1ccccc1. The van der Waals surface area contributed by atoms with Crippen LogP contribution in [0.4, 0.5) is 4.39 Å². The molecule has 0 aliphatic carbocycles. The molecular weight excluding hydrogens is 423 g/mol. The number of aromatic nitrogens is 1. The Morgan fingerprint density at radius 1 is 0.882 bits per heavy atom. The van der Waals surface area contributed by atoms with Gasteiger partial charge in [0.05, 0.1) is 12.5 Å². The molecule has 0 unspecified atom stereocenters. The summed E-state index contributed by atoms with van der Waals surface area (Å²) in [7, 11) is 0. The van der Waals surface area contributed by atoms with Crippen LogP contribution in [0, 0.1) is 5.82 Å². The number of halogens is 1. The van der Waals surface area contributed by atoms with Crippen molar-refractivity contribution >= 4 is 5.91 Å². The van der Waals surface area contributed by atoms with E-state index in [0.717, 1.165) is 35.2 Å². The fourth-order valence-electron chi connectivity index (χ4n) is 4.34. The van der Waals surface area contributed by atoms with Crippen LogP contribution >= 0.6 is 0 Å². The lowest BCUT2D eigenvalue weighted by molar-refractivity contribution is -0.132. The maximum Gasteiger partial charge on any atom is 0.234 e. The smallest absolute Gasteiger partial charge is 0.234 e. The molecule has 0 aliphatic rings. The predicted octanol–water partition coefficient (Wildman–Crippen LogP) is 6.64. The summed E-state index contributed by atoms with van der Waals surface area (Å²) in [4.78, 5) is 16.0.